The van der Waals surface area contributed by atoms with Gasteiger partial charge in [0.25, 0.3) is 0 Å². The molecule has 2 amide bonds. The van der Waals surface area contributed by atoms with Gasteiger partial charge >= 0.3 is 0 Å². The molecule has 1 saturated carbocycles. The number of nitrogen functional groups attached to an aromatic ring is 1. The van der Waals surface area contributed by atoms with Crippen LogP contribution >= 0.6 is 0 Å². The normalized spacial score (nSPS) is 21.0. The van der Waals surface area contributed by atoms with E-state index in [9.17, 15) is 9.59 Å². The Balaban J connectivity index is 1.70. The van der Waals surface area contributed by atoms with Crippen LogP contribution in [-0.2, 0) is 9.59 Å². The first-order valence-electron chi connectivity index (χ1n) is 7.17. The molecule has 1 aromatic carbocycles. The smallest absolute Gasteiger partial charge is 0.234 e. The van der Waals surface area contributed by atoms with Gasteiger partial charge in [-0.05, 0) is 36.5 Å². The lowest BCUT2D eigenvalue weighted by Gasteiger charge is -2.46. The lowest BCUT2D eigenvalue weighted by atomic mass is 9.63. The molecule has 1 aromatic heterocycles. The fourth-order valence-electron chi connectivity index (χ4n) is 3.48. The van der Waals surface area contributed by atoms with Crippen molar-refractivity contribution in [2.75, 3.05) is 10.6 Å². The SMILES string of the molecule is Nc1nc2ccc(N3C(=O)CC4(CCC4)CC3=O)cc2[nH]1. The van der Waals surface area contributed by atoms with Gasteiger partial charge in [-0.1, -0.05) is 6.42 Å². The Bertz CT molecular complexity index is 740. The Labute approximate surface area is 121 Å². The van der Waals surface area contributed by atoms with Crippen molar-refractivity contribution in [2.24, 2.45) is 5.41 Å². The van der Waals surface area contributed by atoms with Gasteiger partial charge in [-0.3, -0.25) is 14.5 Å². The number of fused-ring (bicyclic) bond motifs is 1. The predicted molar refractivity (Wildman–Crippen MR) is 78.5 cm³/mol. The fourth-order valence-corrected chi connectivity index (χ4v) is 3.48. The molecule has 2 aliphatic rings. The number of imidazole rings is 1. The van der Waals surface area contributed by atoms with Crippen molar-refractivity contribution in [1.29, 1.82) is 0 Å². The Hall–Kier alpha value is -2.37. The van der Waals surface area contributed by atoms with Crippen molar-refractivity contribution in [2.45, 2.75) is 32.1 Å². The number of amides is 2. The van der Waals surface area contributed by atoms with E-state index in [1.54, 1.807) is 18.2 Å². The van der Waals surface area contributed by atoms with Crippen molar-refractivity contribution >= 4 is 34.5 Å². The number of piperidine rings is 1. The third-order valence-corrected chi connectivity index (χ3v) is 4.71. The predicted octanol–water partition coefficient (Wildman–Crippen LogP) is 1.97. The summed E-state index contributed by atoms with van der Waals surface area (Å²) < 4.78 is 0. The standard InChI is InChI=1S/C15H16N4O2/c16-14-17-10-3-2-9(6-11(10)18-14)19-12(20)7-15(4-1-5-15)8-13(19)21/h2-3,6H,1,4-5,7-8H2,(H3,16,17,18). The van der Waals surface area contributed by atoms with Crippen LogP contribution in [0, 0.1) is 5.41 Å². The van der Waals surface area contributed by atoms with Crippen LogP contribution in [0.5, 0.6) is 0 Å². The quantitative estimate of drug-likeness (QED) is 0.783. The number of hydrogen-bond donors (Lipinski definition) is 2. The highest BCUT2D eigenvalue weighted by Crippen LogP contribution is 2.50. The summed E-state index contributed by atoms with van der Waals surface area (Å²) >= 11 is 0. The number of nitrogens with two attached hydrogens (primary N) is 1. The molecule has 1 saturated heterocycles. The van der Waals surface area contributed by atoms with E-state index in [1.165, 1.54) is 4.90 Å². The van der Waals surface area contributed by atoms with Crippen molar-refractivity contribution in [3.63, 3.8) is 0 Å². The zero-order valence-electron chi connectivity index (χ0n) is 11.6. The van der Waals surface area contributed by atoms with E-state index in [2.05, 4.69) is 9.97 Å². The maximum atomic E-state index is 12.4. The number of nitrogens with zero attached hydrogens (tertiary/aromatic N) is 2. The first-order valence-corrected chi connectivity index (χ1v) is 7.17. The minimum Gasteiger partial charge on any atom is -0.369 e. The molecule has 21 heavy (non-hydrogen) atoms. The summed E-state index contributed by atoms with van der Waals surface area (Å²) in [6, 6.07) is 5.27. The Morgan fingerprint density at radius 1 is 1.19 bits per heavy atom. The van der Waals surface area contributed by atoms with Gasteiger partial charge in [0.2, 0.25) is 11.8 Å². The van der Waals surface area contributed by atoms with E-state index < -0.39 is 0 Å². The van der Waals surface area contributed by atoms with E-state index in [1.807, 2.05) is 0 Å². The first-order chi connectivity index (χ1) is 10.1. The monoisotopic (exact) mass is 284 g/mol. The molecule has 3 N–H and O–H groups in total. The van der Waals surface area contributed by atoms with Crippen molar-refractivity contribution in [1.82, 2.24) is 9.97 Å². The second-order valence-electron chi connectivity index (χ2n) is 6.15. The van der Waals surface area contributed by atoms with Crippen LogP contribution < -0.4 is 10.6 Å². The van der Waals surface area contributed by atoms with Gasteiger partial charge in [0.15, 0.2) is 5.95 Å². The van der Waals surface area contributed by atoms with E-state index >= 15 is 0 Å². The Morgan fingerprint density at radius 3 is 2.52 bits per heavy atom. The molecular weight excluding hydrogens is 268 g/mol. The number of benzene rings is 1. The highest BCUT2D eigenvalue weighted by atomic mass is 16.2. The maximum absolute atomic E-state index is 12.4. The molecule has 4 rings (SSSR count). The van der Waals surface area contributed by atoms with Gasteiger partial charge in [-0.25, -0.2) is 4.98 Å². The summed E-state index contributed by atoms with van der Waals surface area (Å²) in [4.78, 5) is 33.2. The zero-order valence-corrected chi connectivity index (χ0v) is 11.6. The molecule has 2 fully saturated rings. The second-order valence-corrected chi connectivity index (χ2v) is 6.15. The van der Waals surface area contributed by atoms with Crippen LogP contribution in [0.4, 0.5) is 11.6 Å². The first kappa shape index (κ1) is 12.4. The summed E-state index contributed by atoms with van der Waals surface area (Å²) in [6.07, 6.45) is 4.06. The third-order valence-electron chi connectivity index (χ3n) is 4.71. The van der Waals surface area contributed by atoms with Gasteiger partial charge in [0, 0.05) is 12.8 Å². The number of anilines is 2. The summed E-state index contributed by atoms with van der Waals surface area (Å²) in [5, 5.41) is 0. The number of nitrogens with one attached hydrogen (secondary N) is 1. The highest BCUT2D eigenvalue weighted by molar-refractivity contribution is 6.17. The number of imide groups is 1. The summed E-state index contributed by atoms with van der Waals surface area (Å²) in [5.74, 6) is 0.127. The van der Waals surface area contributed by atoms with Crippen LogP contribution in [0.25, 0.3) is 11.0 Å². The molecule has 1 aliphatic heterocycles. The van der Waals surface area contributed by atoms with E-state index in [0.29, 0.717) is 24.5 Å². The van der Waals surface area contributed by atoms with Gasteiger partial charge < -0.3 is 10.7 Å². The van der Waals surface area contributed by atoms with Crippen molar-refractivity contribution in [3.8, 4) is 0 Å². The summed E-state index contributed by atoms with van der Waals surface area (Å²) in [6.45, 7) is 0. The molecule has 6 heteroatoms. The van der Waals surface area contributed by atoms with Gasteiger partial charge in [-0.15, -0.1) is 0 Å². The molecule has 2 aromatic rings. The number of carbonyl (C=O) groups excluding carboxylic acids is 2. The molecule has 0 atom stereocenters. The van der Waals surface area contributed by atoms with Crippen LogP contribution in [0.1, 0.15) is 32.1 Å². The Kier molecular flexibility index (Phi) is 2.40. The number of aromatic amines is 1. The zero-order chi connectivity index (χ0) is 14.6. The summed E-state index contributed by atoms with van der Waals surface area (Å²) in [7, 11) is 0. The number of hydrogen-bond acceptors (Lipinski definition) is 4. The van der Waals surface area contributed by atoms with Crippen LogP contribution in [0.3, 0.4) is 0 Å². The van der Waals surface area contributed by atoms with E-state index in [-0.39, 0.29) is 17.2 Å². The topological polar surface area (TPSA) is 92.1 Å². The van der Waals surface area contributed by atoms with Crippen LogP contribution in [0.2, 0.25) is 0 Å². The number of carbonyl (C=O) groups is 2. The van der Waals surface area contributed by atoms with Gasteiger partial charge in [-0.2, -0.15) is 0 Å². The molecule has 2 heterocycles. The lowest BCUT2D eigenvalue weighted by molar-refractivity contribution is -0.136. The highest BCUT2D eigenvalue weighted by Gasteiger charge is 2.47. The molecule has 0 bridgehead atoms. The van der Waals surface area contributed by atoms with E-state index in [4.69, 9.17) is 5.73 Å². The average Bonchev–Trinajstić information content (AvgIpc) is 2.75. The number of rotatable bonds is 1. The number of aromatic nitrogens is 2. The van der Waals surface area contributed by atoms with Crippen molar-refractivity contribution < 1.29 is 9.59 Å². The molecule has 6 nitrogen and oxygen atoms in total. The third kappa shape index (κ3) is 1.82. The second kappa shape index (κ2) is 4.07. The van der Waals surface area contributed by atoms with Crippen molar-refractivity contribution in [3.05, 3.63) is 18.2 Å². The minimum atomic E-state index is -0.0993. The van der Waals surface area contributed by atoms with E-state index in [0.717, 1.165) is 30.3 Å². The number of H-pyrrole nitrogens is 1. The molecule has 1 spiro atoms. The molecule has 0 radical (unpaired) electrons. The molecular formula is C15H16N4O2. The minimum absolute atomic E-state index is 0.0484. The summed E-state index contributed by atoms with van der Waals surface area (Å²) in [5.41, 5.74) is 7.62. The Morgan fingerprint density at radius 2 is 1.90 bits per heavy atom. The maximum Gasteiger partial charge on any atom is 0.234 e. The van der Waals surface area contributed by atoms with Crippen LogP contribution in [0.15, 0.2) is 18.2 Å². The molecule has 1 aliphatic carbocycles. The van der Waals surface area contributed by atoms with Gasteiger partial charge in [0.1, 0.15) is 0 Å². The fraction of sp³-hybridized carbons (Fsp3) is 0.400. The van der Waals surface area contributed by atoms with Crippen LogP contribution in [-0.4, -0.2) is 21.8 Å². The molecule has 0 unspecified atom stereocenters. The lowest BCUT2D eigenvalue weighted by Crippen LogP contribution is -2.50. The largest absolute Gasteiger partial charge is 0.369 e. The average molecular weight is 284 g/mol. The molecule has 108 valence electrons. The van der Waals surface area contributed by atoms with Gasteiger partial charge in [0.05, 0.1) is 16.7 Å².